The number of amides is 1. The first-order valence-corrected chi connectivity index (χ1v) is 10.3. The first-order chi connectivity index (χ1) is 14.9. The van der Waals surface area contributed by atoms with Crippen molar-refractivity contribution in [3.05, 3.63) is 98.8 Å². The Morgan fingerprint density at radius 1 is 1.16 bits per heavy atom. The molecule has 0 spiro atoms. The molecule has 1 amide bonds. The van der Waals surface area contributed by atoms with E-state index in [-0.39, 0.29) is 29.2 Å². The maximum Gasteiger partial charge on any atom is 0.293 e. The third-order valence-corrected chi connectivity index (χ3v) is 5.16. The maximum absolute atomic E-state index is 12.8. The number of nitrogens with one attached hydrogen (secondary N) is 2. The Bertz CT molecular complexity index is 1080. The molecule has 8 heteroatoms. The molecule has 2 N–H and O–H groups in total. The molecule has 0 fully saturated rings. The van der Waals surface area contributed by atoms with Crippen molar-refractivity contribution in [3.8, 4) is 0 Å². The number of hydrogen-bond acceptors (Lipinski definition) is 5. The van der Waals surface area contributed by atoms with E-state index < -0.39 is 4.92 Å². The van der Waals surface area contributed by atoms with Crippen LogP contribution in [0.4, 0.5) is 11.4 Å². The van der Waals surface area contributed by atoms with Crippen molar-refractivity contribution in [1.82, 2.24) is 10.3 Å². The Morgan fingerprint density at radius 2 is 1.97 bits per heavy atom. The number of anilines is 1. The second-order valence-electron chi connectivity index (χ2n) is 7.10. The molecular weight excluding hydrogens is 416 g/mol. The highest BCUT2D eigenvalue weighted by Crippen LogP contribution is 2.29. The van der Waals surface area contributed by atoms with Crippen LogP contribution in [0, 0.1) is 10.1 Å². The summed E-state index contributed by atoms with van der Waals surface area (Å²) in [6.07, 6.45) is 2.31. The van der Waals surface area contributed by atoms with Gasteiger partial charge in [-0.3, -0.25) is 19.9 Å². The molecule has 3 aromatic rings. The van der Waals surface area contributed by atoms with E-state index in [1.807, 2.05) is 38.1 Å². The molecule has 3 rings (SSSR count). The van der Waals surface area contributed by atoms with E-state index in [4.69, 9.17) is 11.6 Å². The fraction of sp³-hybridized carbons (Fsp3) is 0.217. The third-order valence-electron chi connectivity index (χ3n) is 4.92. The number of rotatable bonds is 8. The molecule has 2 atom stereocenters. The first kappa shape index (κ1) is 22.2. The summed E-state index contributed by atoms with van der Waals surface area (Å²) in [5.74, 6) is -0.390. The van der Waals surface area contributed by atoms with Gasteiger partial charge in [-0.25, -0.2) is 0 Å². The predicted molar refractivity (Wildman–Crippen MR) is 121 cm³/mol. The van der Waals surface area contributed by atoms with E-state index in [2.05, 4.69) is 15.6 Å². The van der Waals surface area contributed by atoms with Gasteiger partial charge in [0.1, 0.15) is 5.69 Å². The van der Waals surface area contributed by atoms with E-state index in [0.717, 1.165) is 11.3 Å². The molecule has 0 aliphatic carbocycles. The quantitative estimate of drug-likeness (QED) is 0.347. The molecule has 1 heterocycles. The van der Waals surface area contributed by atoms with Gasteiger partial charge in [-0.15, -0.1) is 0 Å². The van der Waals surface area contributed by atoms with Gasteiger partial charge in [0.25, 0.3) is 11.6 Å². The smallest absolute Gasteiger partial charge is 0.293 e. The Morgan fingerprint density at radius 3 is 2.61 bits per heavy atom. The largest absolute Gasteiger partial charge is 0.371 e. The number of nitro groups is 1. The summed E-state index contributed by atoms with van der Waals surface area (Å²) in [7, 11) is 0. The van der Waals surface area contributed by atoms with Gasteiger partial charge in [0.05, 0.1) is 22.7 Å². The summed E-state index contributed by atoms with van der Waals surface area (Å²) >= 11 is 6.06. The summed E-state index contributed by atoms with van der Waals surface area (Å²) in [6.45, 7) is 3.81. The van der Waals surface area contributed by atoms with Crippen molar-refractivity contribution < 1.29 is 9.72 Å². The first-order valence-electron chi connectivity index (χ1n) is 9.91. The molecule has 0 aliphatic rings. The summed E-state index contributed by atoms with van der Waals surface area (Å²) < 4.78 is 0. The Labute approximate surface area is 185 Å². The van der Waals surface area contributed by atoms with Crippen LogP contribution >= 0.6 is 11.6 Å². The van der Waals surface area contributed by atoms with Crippen LogP contribution in [-0.4, -0.2) is 15.8 Å². The standard InChI is InChI=1S/C23H23ClN4O3/c1-3-19(16-7-6-8-18(24)13-16)27-23(29)17-10-11-21(22(14-17)28(30)31)26-15(2)20-9-4-5-12-25-20/h4-15,19,26H,3H2,1-2H3,(H,27,29). The highest BCUT2D eigenvalue weighted by atomic mass is 35.5. The van der Waals surface area contributed by atoms with Gasteiger partial charge in [0.2, 0.25) is 0 Å². The summed E-state index contributed by atoms with van der Waals surface area (Å²) in [4.78, 5) is 28.2. The van der Waals surface area contributed by atoms with Crippen LogP contribution in [0.5, 0.6) is 0 Å². The van der Waals surface area contributed by atoms with Crippen LogP contribution in [0.2, 0.25) is 5.02 Å². The molecule has 0 bridgehead atoms. The SMILES string of the molecule is CCC(NC(=O)c1ccc(NC(C)c2ccccn2)c([N+](=O)[O-])c1)c1cccc(Cl)c1. The molecule has 2 aromatic carbocycles. The van der Waals surface area contributed by atoms with Crippen molar-refractivity contribution in [1.29, 1.82) is 0 Å². The van der Waals surface area contributed by atoms with E-state index in [0.29, 0.717) is 17.1 Å². The highest BCUT2D eigenvalue weighted by Gasteiger charge is 2.21. The average molecular weight is 439 g/mol. The number of pyridine rings is 1. The fourth-order valence-electron chi connectivity index (χ4n) is 3.27. The molecule has 160 valence electrons. The van der Waals surface area contributed by atoms with Crippen LogP contribution in [0.3, 0.4) is 0 Å². The van der Waals surface area contributed by atoms with Crippen LogP contribution < -0.4 is 10.6 Å². The van der Waals surface area contributed by atoms with Crippen molar-refractivity contribution in [2.45, 2.75) is 32.4 Å². The van der Waals surface area contributed by atoms with Crippen molar-refractivity contribution >= 4 is 28.9 Å². The maximum atomic E-state index is 12.8. The summed E-state index contributed by atoms with van der Waals surface area (Å²) in [5.41, 5.74) is 1.99. The zero-order valence-electron chi connectivity index (χ0n) is 17.2. The molecule has 0 saturated heterocycles. The Hall–Kier alpha value is -3.45. The minimum Gasteiger partial charge on any atom is -0.371 e. The van der Waals surface area contributed by atoms with Gasteiger partial charge in [-0.05, 0) is 55.3 Å². The Kier molecular flexibility index (Phi) is 7.20. The number of nitrogens with zero attached hydrogens (tertiary/aromatic N) is 2. The molecule has 0 saturated carbocycles. The van der Waals surface area contributed by atoms with E-state index >= 15 is 0 Å². The van der Waals surface area contributed by atoms with Crippen molar-refractivity contribution in [3.63, 3.8) is 0 Å². The number of aromatic nitrogens is 1. The van der Waals surface area contributed by atoms with E-state index in [1.165, 1.54) is 6.07 Å². The highest BCUT2D eigenvalue weighted by molar-refractivity contribution is 6.30. The van der Waals surface area contributed by atoms with Crippen LogP contribution in [-0.2, 0) is 0 Å². The second-order valence-corrected chi connectivity index (χ2v) is 7.54. The summed E-state index contributed by atoms with van der Waals surface area (Å²) in [5, 5.41) is 18.3. The second kappa shape index (κ2) is 10.0. The van der Waals surface area contributed by atoms with Crippen molar-refractivity contribution in [2.24, 2.45) is 0 Å². The molecule has 7 nitrogen and oxygen atoms in total. The number of benzene rings is 2. The Balaban J connectivity index is 1.81. The zero-order chi connectivity index (χ0) is 22.4. The van der Waals surface area contributed by atoms with Crippen molar-refractivity contribution in [2.75, 3.05) is 5.32 Å². The minimum atomic E-state index is -0.501. The van der Waals surface area contributed by atoms with Crippen LogP contribution in [0.25, 0.3) is 0 Å². The number of carbonyl (C=O) groups excluding carboxylic acids is 1. The lowest BCUT2D eigenvalue weighted by Gasteiger charge is -2.18. The number of carbonyl (C=O) groups is 1. The monoisotopic (exact) mass is 438 g/mol. The number of halogens is 1. The molecule has 2 unspecified atom stereocenters. The molecule has 1 aromatic heterocycles. The van der Waals surface area contributed by atoms with Gasteiger partial charge in [-0.2, -0.15) is 0 Å². The third kappa shape index (κ3) is 5.58. The van der Waals surface area contributed by atoms with Crippen LogP contribution in [0.15, 0.2) is 66.9 Å². The molecular formula is C23H23ClN4O3. The minimum absolute atomic E-state index is 0.175. The normalized spacial score (nSPS) is 12.6. The fourth-order valence-corrected chi connectivity index (χ4v) is 3.47. The van der Waals surface area contributed by atoms with E-state index in [1.54, 1.807) is 36.5 Å². The lowest BCUT2D eigenvalue weighted by atomic mass is 10.0. The molecule has 0 radical (unpaired) electrons. The number of hydrogen-bond donors (Lipinski definition) is 2. The zero-order valence-corrected chi connectivity index (χ0v) is 18.0. The lowest BCUT2D eigenvalue weighted by Crippen LogP contribution is -2.28. The van der Waals surface area contributed by atoms with Gasteiger partial charge in [-0.1, -0.05) is 36.7 Å². The summed E-state index contributed by atoms with van der Waals surface area (Å²) in [6, 6.07) is 16.7. The van der Waals surface area contributed by atoms with Gasteiger partial charge < -0.3 is 10.6 Å². The number of nitro benzene ring substituents is 1. The predicted octanol–water partition coefficient (Wildman–Crippen LogP) is 5.70. The van der Waals surface area contributed by atoms with Gasteiger partial charge in [0, 0.05) is 22.8 Å². The molecule has 31 heavy (non-hydrogen) atoms. The van der Waals surface area contributed by atoms with Gasteiger partial charge >= 0.3 is 0 Å². The van der Waals surface area contributed by atoms with Gasteiger partial charge in [0.15, 0.2) is 0 Å². The molecule has 0 aliphatic heterocycles. The van der Waals surface area contributed by atoms with Crippen LogP contribution in [0.1, 0.15) is 54.0 Å². The topological polar surface area (TPSA) is 97.2 Å². The average Bonchev–Trinajstić information content (AvgIpc) is 2.77. The lowest BCUT2D eigenvalue weighted by molar-refractivity contribution is -0.384. The van der Waals surface area contributed by atoms with E-state index in [9.17, 15) is 14.9 Å².